The van der Waals surface area contributed by atoms with Gasteiger partial charge in [0.25, 0.3) is 17.5 Å². The number of anilines is 1. The first kappa shape index (κ1) is 21.6. The van der Waals surface area contributed by atoms with E-state index in [0.717, 1.165) is 5.56 Å². The average molecular weight is 458 g/mol. The second-order valence-electron chi connectivity index (χ2n) is 8.56. The first-order valence-electron chi connectivity index (χ1n) is 10.8. The third-order valence-corrected chi connectivity index (χ3v) is 6.35. The number of amides is 2. The molecule has 2 aliphatic rings. The normalized spacial score (nSPS) is 17.1. The van der Waals surface area contributed by atoms with Crippen molar-refractivity contribution in [3.8, 4) is 0 Å². The number of ether oxygens (including phenoxy) is 1. The number of benzene rings is 2. The van der Waals surface area contributed by atoms with Gasteiger partial charge in [0.2, 0.25) is 0 Å². The number of aromatic amines is 1. The lowest BCUT2D eigenvalue weighted by Crippen LogP contribution is -2.59. The van der Waals surface area contributed by atoms with Crippen molar-refractivity contribution < 1.29 is 19.2 Å². The number of nitrogens with one attached hydrogen (secondary N) is 3. The van der Waals surface area contributed by atoms with Crippen LogP contribution in [0.2, 0.25) is 0 Å². The van der Waals surface area contributed by atoms with Gasteiger partial charge in [-0.2, -0.15) is 0 Å². The molecule has 9 nitrogen and oxygen atoms in total. The zero-order valence-corrected chi connectivity index (χ0v) is 18.6. The van der Waals surface area contributed by atoms with Crippen molar-refractivity contribution in [3.05, 3.63) is 92.3 Å². The summed E-state index contributed by atoms with van der Waals surface area (Å²) in [6, 6.07) is 14.7. The number of carbonyl (C=O) groups is 2. The van der Waals surface area contributed by atoms with Crippen LogP contribution >= 0.6 is 0 Å². The van der Waals surface area contributed by atoms with Crippen LogP contribution < -0.4 is 10.6 Å². The number of hydrogen-bond donors (Lipinski definition) is 3. The molecule has 0 unspecified atom stereocenters. The van der Waals surface area contributed by atoms with Crippen molar-refractivity contribution >= 4 is 34.8 Å². The van der Waals surface area contributed by atoms with Gasteiger partial charge in [0, 0.05) is 22.5 Å². The minimum atomic E-state index is -0.595. The lowest BCUT2D eigenvalue weighted by atomic mass is 9.87. The number of aromatic nitrogens is 1. The van der Waals surface area contributed by atoms with E-state index in [9.17, 15) is 19.7 Å². The Bertz CT molecular complexity index is 1370. The minimum absolute atomic E-state index is 0.00691. The van der Waals surface area contributed by atoms with Gasteiger partial charge in [-0.3, -0.25) is 19.7 Å². The van der Waals surface area contributed by atoms with Crippen molar-refractivity contribution in [1.82, 2.24) is 10.3 Å². The molecule has 0 spiro atoms. The minimum Gasteiger partial charge on any atom is -0.376 e. The molecule has 0 radical (unpaired) electrons. The SMILES string of the molecule is Cc1[nH]c(C=C2C(=O)Nc3ccc(C(=O)NC4(c5ccccc5)COC4)cc32)c(C)c1[N+](=O)[O-]. The summed E-state index contributed by atoms with van der Waals surface area (Å²) in [6.45, 7) is 4.01. The monoisotopic (exact) mass is 458 g/mol. The predicted octanol–water partition coefficient (Wildman–Crippen LogP) is 3.69. The maximum absolute atomic E-state index is 13.2. The second kappa shape index (κ2) is 7.96. The largest absolute Gasteiger partial charge is 0.376 e. The van der Waals surface area contributed by atoms with Gasteiger partial charge in [0.05, 0.1) is 35.0 Å². The van der Waals surface area contributed by atoms with Crippen molar-refractivity contribution in [2.75, 3.05) is 18.5 Å². The van der Waals surface area contributed by atoms with Crippen molar-refractivity contribution in [2.45, 2.75) is 19.4 Å². The van der Waals surface area contributed by atoms with E-state index in [0.29, 0.717) is 52.6 Å². The number of nitro groups is 1. The summed E-state index contributed by atoms with van der Waals surface area (Å²) in [5, 5.41) is 17.2. The highest BCUT2D eigenvalue weighted by molar-refractivity contribution is 6.35. The Balaban J connectivity index is 1.48. The molecule has 3 aromatic rings. The summed E-state index contributed by atoms with van der Waals surface area (Å²) in [4.78, 5) is 39.7. The van der Waals surface area contributed by atoms with Crippen LogP contribution in [-0.2, 0) is 15.1 Å². The molecule has 34 heavy (non-hydrogen) atoms. The maximum Gasteiger partial charge on any atom is 0.293 e. The lowest BCUT2D eigenvalue weighted by molar-refractivity contribution is -0.385. The summed E-state index contributed by atoms with van der Waals surface area (Å²) in [5.74, 6) is -0.619. The quantitative estimate of drug-likeness (QED) is 0.305. The van der Waals surface area contributed by atoms with E-state index < -0.39 is 10.5 Å². The number of nitrogens with zero attached hydrogens (tertiary/aromatic N) is 1. The second-order valence-corrected chi connectivity index (χ2v) is 8.56. The van der Waals surface area contributed by atoms with Crippen molar-refractivity contribution in [3.63, 3.8) is 0 Å². The summed E-state index contributed by atoms with van der Waals surface area (Å²) < 4.78 is 5.41. The topological polar surface area (TPSA) is 126 Å². The van der Waals surface area contributed by atoms with Crippen LogP contribution in [0.4, 0.5) is 11.4 Å². The van der Waals surface area contributed by atoms with Gasteiger partial charge in [0.1, 0.15) is 5.54 Å². The van der Waals surface area contributed by atoms with Gasteiger partial charge < -0.3 is 20.4 Å². The Morgan fingerprint density at radius 1 is 1.18 bits per heavy atom. The smallest absolute Gasteiger partial charge is 0.293 e. The van der Waals surface area contributed by atoms with Crippen LogP contribution in [0, 0.1) is 24.0 Å². The highest BCUT2D eigenvalue weighted by Crippen LogP contribution is 2.36. The van der Waals surface area contributed by atoms with Gasteiger partial charge in [-0.1, -0.05) is 30.3 Å². The molecule has 0 bridgehead atoms. The number of carbonyl (C=O) groups excluding carboxylic acids is 2. The third kappa shape index (κ3) is 3.46. The van der Waals surface area contributed by atoms with Crippen LogP contribution in [0.3, 0.4) is 0 Å². The molecule has 5 rings (SSSR count). The van der Waals surface area contributed by atoms with Crippen molar-refractivity contribution in [1.29, 1.82) is 0 Å². The molecule has 2 aliphatic heterocycles. The Morgan fingerprint density at radius 3 is 2.53 bits per heavy atom. The van der Waals surface area contributed by atoms with E-state index in [1.165, 1.54) is 0 Å². The van der Waals surface area contributed by atoms with Gasteiger partial charge in [-0.05, 0) is 43.7 Å². The standard InChI is InChI=1S/C25H22N4O5/c1-14-21(26-15(2)22(14)29(32)33)11-19-18-10-16(8-9-20(18)27-24(19)31)23(30)28-25(12-34-13-25)17-6-4-3-5-7-17/h3-11,26H,12-13H2,1-2H3,(H,27,31)(H,28,30). The highest BCUT2D eigenvalue weighted by atomic mass is 16.6. The molecule has 3 N–H and O–H groups in total. The fourth-order valence-corrected chi connectivity index (χ4v) is 4.46. The Hall–Kier alpha value is -4.24. The molecule has 3 heterocycles. The van der Waals surface area contributed by atoms with Crippen LogP contribution in [0.1, 0.15) is 38.4 Å². The van der Waals surface area contributed by atoms with Crippen LogP contribution in [-0.4, -0.2) is 34.9 Å². The van der Waals surface area contributed by atoms with Gasteiger partial charge in [0.15, 0.2) is 0 Å². The molecule has 1 fully saturated rings. The van der Waals surface area contributed by atoms with Gasteiger partial charge >= 0.3 is 0 Å². The third-order valence-electron chi connectivity index (χ3n) is 6.35. The predicted molar refractivity (Wildman–Crippen MR) is 126 cm³/mol. The summed E-state index contributed by atoms with van der Waals surface area (Å²) >= 11 is 0. The van der Waals surface area contributed by atoms with Gasteiger partial charge in [-0.25, -0.2) is 0 Å². The molecule has 1 saturated heterocycles. The Morgan fingerprint density at radius 2 is 1.91 bits per heavy atom. The molecular weight excluding hydrogens is 436 g/mol. The average Bonchev–Trinajstić information content (AvgIpc) is 3.25. The number of rotatable bonds is 5. The fraction of sp³-hybridized carbons (Fsp3) is 0.200. The number of aryl methyl sites for hydroxylation is 1. The molecule has 1 aromatic heterocycles. The van der Waals surface area contributed by atoms with Crippen LogP contribution in [0.5, 0.6) is 0 Å². The molecule has 2 aromatic carbocycles. The van der Waals surface area contributed by atoms with E-state index in [-0.39, 0.29) is 17.5 Å². The molecule has 0 aliphatic carbocycles. The molecular formula is C25H22N4O5. The van der Waals surface area contributed by atoms with E-state index in [1.807, 2.05) is 30.3 Å². The highest BCUT2D eigenvalue weighted by Gasteiger charge is 2.42. The van der Waals surface area contributed by atoms with Gasteiger partial charge in [-0.15, -0.1) is 0 Å². The molecule has 0 saturated carbocycles. The zero-order valence-electron chi connectivity index (χ0n) is 18.6. The van der Waals surface area contributed by atoms with Crippen LogP contribution in [0.15, 0.2) is 48.5 Å². The first-order chi connectivity index (χ1) is 16.3. The number of fused-ring (bicyclic) bond motifs is 1. The number of H-pyrrole nitrogens is 1. The summed E-state index contributed by atoms with van der Waals surface area (Å²) in [5.41, 5.74) is 3.56. The van der Waals surface area contributed by atoms with Crippen molar-refractivity contribution in [2.24, 2.45) is 0 Å². The van der Waals surface area contributed by atoms with E-state index in [4.69, 9.17) is 4.74 Å². The molecule has 2 amide bonds. The summed E-state index contributed by atoms with van der Waals surface area (Å²) in [6.07, 6.45) is 1.59. The van der Waals surface area contributed by atoms with E-state index in [1.54, 1.807) is 38.1 Å². The Labute approximate surface area is 195 Å². The maximum atomic E-state index is 13.2. The lowest BCUT2D eigenvalue weighted by Gasteiger charge is -2.42. The number of hydrogen-bond acceptors (Lipinski definition) is 5. The summed E-state index contributed by atoms with van der Waals surface area (Å²) in [7, 11) is 0. The van der Waals surface area contributed by atoms with E-state index in [2.05, 4.69) is 15.6 Å². The van der Waals surface area contributed by atoms with E-state index >= 15 is 0 Å². The van der Waals surface area contributed by atoms with Crippen LogP contribution in [0.25, 0.3) is 11.6 Å². The first-order valence-corrected chi connectivity index (χ1v) is 10.8. The molecule has 9 heteroatoms. The fourth-order valence-electron chi connectivity index (χ4n) is 4.46. The molecule has 172 valence electrons. The Kier molecular flexibility index (Phi) is 5.06. The zero-order chi connectivity index (χ0) is 24.0. The molecule has 0 atom stereocenters.